The molecule has 2 heterocycles. The maximum absolute atomic E-state index is 5.71. The van der Waals surface area contributed by atoms with Crippen LogP contribution in [0.4, 0.5) is 0 Å². The molecule has 2 saturated heterocycles. The van der Waals surface area contributed by atoms with Crippen LogP contribution in [0.15, 0.2) is 0 Å². The highest BCUT2D eigenvalue weighted by atomic mass is 16.6. The minimum atomic E-state index is 0.386. The number of ether oxygens (including phenoxy) is 4. The maximum Gasteiger partial charge on any atom is 0.104 e. The van der Waals surface area contributed by atoms with E-state index in [1.54, 1.807) is 0 Å². The molecule has 0 spiro atoms. The summed E-state index contributed by atoms with van der Waals surface area (Å²) in [7, 11) is 0. The van der Waals surface area contributed by atoms with Gasteiger partial charge in [-0.15, -0.1) is 0 Å². The first-order valence-corrected chi connectivity index (χ1v) is 8.27. The standard InChI is InChI=1S/C16H30O4/c1-14(18-11-16-13-20-16)8-6-4-2-3-5-7-9-17-10-15-12-19-15/h14-16H,2-13H2,1H3. The quantitative estimate of drug-likeness (QED) is 0.364. The molecule has 118 valence electrons. The Labute approximate surface area is 123 Å². The van der Waals surface area contributed by atoms with Crippen LogP contribution in [0.5, 0.6) is 0 Å². The van der Waals surface area contributed by atoms with E-state index in [1.807, 2.05) is 0 Å². The first-order chi connectivity index (χ1) is 9.84. The van der Waals surface area contributed by atoms with E-state index < -0.39 is 0 Å². The zero-order valence-electron chi connectivity index (χ0n) is 12.9. The molecule has 4 heteroatoms. The molecule has 0 aromatic heterocycles. The SMILES string of the molecule is CC(CCCCCCCCOCC1CO1)OCC1CO1. The molecule has 3 atom stereocenters. The van der Waals surface area contributed by atoms with Crippen molar-refractivity contribution in [3.05, 3.63) is 0 Å². The summed E-state index contributed by atoms with van der Waals surface area (Å²) in [6, 6.07) is 0. The Bertz CT molecular complexity index is 239. The van der Waals surface area contributed by atoms with Gasteiger partial charge in [-0.25, -0.2) is 0 Å². The predicted molar refractivity (Wildman–Crippen MR) is 78.0 cm³/mol. The van der Waals surface area contributed by atoms with Crippen molar-refractivity contribution in [3.63, 3.8) is 0 Å². The number of epoxide rings is 2. The topological polar surface area (TPSA) is 43.5 Å². The molecule has 2 rings (SSSR count). The summed E-state index contributed by atoms with van der Waals surface area (Å²) < 4.78 is 21.4. The molecule has 2 aliphatic heterocycles. The van der Waals surface area contributed by atoms with Crippen LogP contribution >= 0.6 is 0 Å². The molecule has 0 N–H and O–H groups in total. The average molecular weight is 286 g/mol. The van der Waals surface area contributed by atoms with Crippen LogP contribution in [0.25, 0.3) is 0 Å². The van der Waals surface area contributed by atoms with Crippen molar-refractivity contribution in [2.75, 3.05) is 33.0 Å². The van der Waals surface area contributed by atoms with Crippen LogP contribution in [-0.2, 0) is 18.9 Å². The van der Waals surface area contributed by atoms with Gasteiger partial charge in [0.1, 0.15) is 12.2 Å². The van der Waals surface area contributed by atoms with Crippen molar-refractivity contribution < 1.29 is 18.9 Å². The molecule has 2 aliphatic rings. The van der Waals surface area contributed by atoms with Gasteiger partial charge in [0.05, 0.1) is 32.5 Å². The lowest BCUT2D eigenvalue weighted by Crippen LogP contribution is -2.12. The Hall–Kier alpha value is -0.160. The second-order valence-corrected chi connectivity index (χ2v) is 6.04. The van der Waals surface area contributed by atoms with Gasteiger partial charge in [0, 0.05) is 6.61 Å². The van der Waals surface area contributed by atoms with E-state index in [0.29, 0.717) is 18.3 Å². The van der Waals surface area contributed by atoms with E-state index in [9.17, 15) is 0 Å². The van der Waals surface area contributed by atoms with Crippen molar-refractivity contribution in [1.29, 1.82) is 0 Å². The first-order valence-electron chi connectivity index (χ1n) is 8.27. The summed E-state index contributed by atoms with van der Waals surface area (Å²) in [5, 5.41) is 0. The highest BCUT2D eigenvalue weighted by Gasteiger charge is 2.23. The van der Waals surface area contributed by atoms with Crippen LogP contribution in [-0.4, -0.2) is 51.3 Å². The molecule has 0 bridgehead atoms. The van der Waals surface area contributed by atoms with Crippen LogP contribution < -0.4 is 0 Å². The Morgan fingerprint density at radius 1 is 0.900 bits per heavy atom. The van der Waals surface area contributed by atoms with Gasteiger partial charge in [-0.2, -0.15) is 0 Å². The minimum absolute atomic E-state index is 0.386. The van der Waals surface area contributed by atoms with Crippen molar-refractivity contribution in [2.45, 2.75) is 70.2 Å². The fourth-order valence-corrected chi connectivity index (χ4v) is 2.24. The summed E-state index contributed by atoms with van der Waals surface area (Å²) >= 11 is 0. The van der Waals surface area contributed by atoms with E-state index >= 15 is 0 Å². The Morgan fingerprint density at radius 2 is 1.50 bits per heavy atom. The molecule has 0 radical (unpaired) electrons. The van der Waals surface area contributed by atoms with Crippen LogP contribution in [0, 0.1) is 0 Å². The third kappa shape index (κ3) is 8.90. The minimum Gasteiger partial charge on any atom is -0.379 e. The molecule has 3 unspecified atom stereocenters. The molecular weight excluding hydrogens is 256 g/mol. The average Bonchev–Trinajstić information content (AvgIpc) is 3.33. The molecular formula is C16H30O4. The third-order valence-electron chi connectivity index (χ3n) is 3.82. The van der Waals surface area contributed by atoms with Gasteiger partial charge in [0.2, 0.25) is 0 Å². The highest BCUT2D eigenvalue weighted by Crippen LogP contribution is 2.14. The van der Waals surface area contributed by atoms with Gasteiger partial charge in [-0.3, -0.25) is 0 Å². The lowest BCUT2D eigenvalue weighted by Gasteiger charge is -2.11. The zero-order valence-corrected chi connectivity index (χ0v) is 12.9. The predicted octanol–water partition coefficient (Wildman–Crippen LogP) is 2.94. The third-order valence-corrected chi connectivity index (χ3v) is 3.82. The highest BCUT2D eigenvalue weighted by molar-refractivity contribution is 4.68. The van der Waals surface area contributed by atoms with Crippen molar-refractivity contribution in [2.24, 2.45) is 0 Å². The van der Waals surface area contributed by atoms with Crippen LogP contribution in [0.3, 0.4) is 0 Å². The second-order valence-electron chi connectivity index (χ2n) is 6.04. The fraction of sp³-hybridized carbons (Fsp3) is 1.00. The second kappa shape index (κ2) is 9.72. The van der Waals surface area contributed by atoms with Gasteiger partial charge in [-0.05, 0) is 19.8 Å². The van der Waals surface area contributed by atoms with Gasteiger partial charge in [0.15, 0.2) is 0 Å². The normalized spacial score (nSPS) is 25.6. The van der Waals surface area contributed by atoms with Crippen molar-refractivity contribution in [3.8, 4) is 0 Å². The summed E-state index contributed by atoms with van der Waals surface area (Å²) in [4.78, 5) is 0. The lowest BCUT2D eigenvalue weighted by molar-refractivity contribution is 0.0476. The van der Waals surface area contributed by atoms with E-state index in [4.69, 9.17) is 18.9 Å². The fourth-order valence-electron chi connectivity index (χ4n) is 2.24. The number of rotatable bonds is 14. The van der Waals surface area contributed by atoms with E-state index in [0.717, 1.165) is 33.0 Å². The van der Waals surface area contributed by atoms with Crippen molar-refractivity contribution >= 4 is 0 Å². The van der Waals surface area contributed by atoms with Crippen molar-refractivity contribution in [1.82, 2.24) is 0 Å². The van der Waals surface area contributed by atoms with Crippen LogP contribution in [0.1, 0.15) is 51.9 Å². The van der Waals surface area contributed by atoms with E-state index in [2.05, 4.69) is 6.92 Å². The first kappa shape index (κ1) is 16.2. The molecule has 0 aliphatic carbocycles. The zero-order chi connectivity index (χ0) is 14.0. The Kier molecular flexibility index (Phi) is 7.88. The molecule has 0 saturated carbocycles. The van der Waals surface area contributed by atoms with Gasteiger partial charge in [-0.1, -0.05) is 32.1 Å². The molecule has 0 aromatic carbocycles. The van der Waals surface area contributed by atoms with Gasteiger partial charge < -0.3 is 18.9 Å². The molecule has 0 aromatic rings. The number of hydrogen-bond acceptors (Lipinski definition) is 4. The largest absolute Gasteiger partial charge is 0.379 e. The monoisotopic (exact) mass is 286 g/mol. The number of unbranched alkanes of at least 4 members (excludes halogenated alkanes) is 5. The number of hydrogen-bond donors (Lipinski definition) is 0. The van der Waals surface area contributed by atoms with E-state index in [-0.39, 0.29) is 0 Å². The lowest BCUT2D eigenvalue weighted by atomic mass is 10.1. The van der Waals surface area contributed by atoms with Gasteiger partial charge in [0.25, 0.3) is 0 Å². The summed E-state index contributed by atoms with van der Waals surface area (Å²) in [5.41, 5.74) is 0. The molecule has 2 fully saturated rings. The summed E-state index contributed by atoms with van der Waals surface area (Å²) in [6.07, 6.45) is 10.1. The Balaban J connectivity index is 1.24. The van der Waals surface area contributed by atoms with E-state index in [1.165, 1.54) is 44.9 Å². The Morgan fingerprint density at radius 3 is 2.20 bits per heavy atom. The molecule has 0 amide bonds. The van der Waals surface area contributed by atoms with Crippen LogP contribution in [0.2, 0.25) is 0 Å². The summed E-state index contributed by atoms with van der Waals surface area (Å²) in [5.74, 6) is 0. The molecule has 4 nitrogen and oxygen atoms in total. The summed E-state index contributed by atoms with van der Waals surface area (Å²) in [6.45, 7) is 6.44. The molecule has 20 heavy (non-hydrogen) atoms. The maximum atomic E-state index is 5.71. The van der Waals surface area contributed by atoms with Gasteiger partial charge >= 0.3 is 0 Å². The smallest absolute Gasteiger partial charge is 0.104 e.